The molecule has 0 aliphatic carbocycles. The van der Waals surface area contributed by atoms with Crippen molar-refractivity contribution in [2.75, 3.05) is 0 Å². The lowest BCUT2D eigenvalue weighted by Crippen LogP contribution is -2.13. The van der Waals surface area contributed by atoms with E-state index in [0.29, 0.717) is 5.25 Å². The monoisotopic (exact) mass is 360 g/mol. The molecule has 124 valence electrons. The van der Waals surface area contributed by atoms with Crippen molar-refractivity contribution in [3.8, 4) is 0 Å². The van der Waals surface area contributed by atoms with E-state index in [4.69, 9.17) is 11.6 Å². The second-order valence-corrected chi connectivity index (χ2v) is 7.43. The quantitative estimate of drug-likeness (QED) is 0.520. The predicted molar refractivity (Wildman–Crippen MR) is 98.0 cm³/mol. The minimum Gasteiger partial charge on any atom is -0.336 e. The standard InChI is InChI=1S/C19H18ClFN2S/c20-16-4-9-18(10-5-16)24-19(13-23-12-11-22-14-23)8-3-15-1-6-17(21)7-2-15/h1-2,4-7,9-12,14,19H,3,8,13H2. The van der Waals surface area contributed by atoms with Crippen molar-refractivity contribution in [3.05, 3.63) is 83.7 Å². The van der Waals surface area contributed by atoms with E-state index in [1.165, 1.54) is 17.0 Å². The molecule has 0 bridgehead atoms. The van der Waals surface area contributed by atoms with Crippen molar-refractivity contribution in [1.82, 2.24) is 9.55 Å². The zero-order valence-electron chi connectivity index (χ0n) is 13.1. The third-order valence-electron chi connectivity index (χ3n) is 3.76. The molecule has 0 saturated carbocycles. The Morgan fingerprint density at radius 2 is 1.83 bits per heavy atom. The molecule has 3 rings (SSSR count). The van der Waals surface area contributed by atoms with E-state index >= 15 is 0 Å². The average molecular weight is 361 g/mol. The first-order valence-electron chi connectivity index (χ1n) is 7.81. The number of nitrogens with zero attached hydrogens (tertiary/aromatic N) is 2. The lowest BCUT2D eigenvalue weighted by molar-refractivity contribution is 0.618. The third-order valence-corrected chi connectivity index (χ3v) is 5.27. The van der Waals surface area contributed by atoms with Crippen LogP contribution in [0, 0.1) is 5.82 Å². The van der Waals surface area contributed by atoms with Crippen molar-refractivity contribution in [2.45, 2.75) is 29.5 Å². The number of benzene rings is 2. The van der Waals surface area contributed by atoms with E-state index in [9.17, 15) is 4.39 Å². The van der Waals surface area contributed by atoms with Gasteiger partial charge in [-0.25, -0.2) is 9.37 Å². The van der Waals surface area contributed by atoms with Gasteiger partial charge in [-0.05, 0) is 54.8 Å². The maximum atomic E-state index is 13.0. The van der Waals surface area contributed by atoms with Crippen molar-refractivity contribution in [1.29, 1.82) is 0 Å². The Morgan fingerprint density at radius 3 is 2.50 bits per heavy atom. The maximum absolute atomic E-state index is 13.0. The molecule has 0 amide bonds. The Labute approximate surface area is 150 Å². The summed E-state index contributed by atoms with van der Waals surface area (Å²) in [5.74, 6) is -0.191. The van der Waals surface area contributed by atoms with Crippen LogP contribution in [-0.4, -0.2) is 14.8 Å². The first kappa shape index (κ1) is 17.1. The topological polar surface area (TPSA) is 17.8 Å². The summed E-state index contributed by atoms with van der Waals surface area (Å²) in [6.07, 6.45) is 7.53. The van der Waals surface area contributed by atoms with Crippen LogP contribution in [0.1, 0.15) is 12.0 Å². The van der Waals surface area contributed by atoms with Gasteiger partial charge >= 0.3 is 0 Å². The van der Waals surface area contributed by atoms with Crippen LogP contribution in [0.3, 0.4) is 0 Å². The number of aromatic nitrogens is 2. The zero-order valence-corrected chi connectivity index (χ0v) is 14.7. The Morgan fingerprint density at radius 1 is 1.08 bits per heavy atom. The van der Waals surface area contributed by atoms with Crippen molar-refractivity contribution in [3.63, 3.8) is 0 Å². The normalized spacial score (nSPS) is 12.2. The molecule has 0 fully saturated rings. The molecule has 0 aliphatic heterocycles. The van der Waals surface area contributed by atoms with Crippen molar-refractivity contribution < 1.29 is 4.39 Å². The molecule has 0 aliphatic rings. The number of aryl methyl sites for hydroxylation is 1. The summed E-state index contributed by atoms with van der Waals surface area (Å²) in [4.78, 5) is 5.31. The number of rotatable bonds is 7. The number of hydrogen-bond donors (Lipinski definition) is 0. The summed E-state index contributed by atoms with van der Waals surface area (Å²) >= 11 is 7.80. The average Bonchev–Trinajstić information content (AvgIpc) is 3.09. The highest BCUT2D eigenvalue weighted by Gasteiger charge is 2.12. The van der Waals surface area contributed by atoms with Gasteiger partial charge in [0.1, 0.15) is 5.82 Å². The van der Waals surface area contributed by atoms with Gasteiger partial charge in [-0.15, -0.1) is 11.8 Å². The predicted octanol–water partition coefficient (Wildman–Crippen LogP) is 5.47. The number of thioether (sulfide) groups is 1. The van der Waals surface area contributed by atoms with Crippen LogP contribution in [0.2, 0.25) is 5.02 Å². The van der Waals surface area contributed by atoms with Crippen LogP contribution in [0.4, 0.5) is 4.39 Å². The van der Waals surface area contributed by atoms with E-state index in [1.807, 2.05) is 60.7 Å². The van der Waals surface area contributed by atoms with Crippen LogP contribution in [0.25, 0.3) is 0 Å². The molecule has 0 saturated heterocycles. The third kappa shape index (κ3) is 5.11. The van der Waals surface area contributed by atoms with Crippen LogP contribution in [0.15, 0.2) is 72.1 Å². The Kier molecular flexibility index (Phi) is 5.94. The molecule has 0 N–H and O–H groups in total. The number of imidazole rings is 1. The summed E-state index contributed by atoms with van der Waals surface area (Å²) in [6, 6.07) is 14.7. The molecule has 3 aromatic rings. The van der Waals surface area contributed by atoms with E-state index in [2.05, 4.69) is 9.55 Å². The van der Waals surface area contributed by atoms with Gasteiger partial charge in [0.15, 0.2) is 0 Å². The van der Waals surface area contributed by atoms with Gasteiger partial charge in [-0.1, -0.05) is 23.7 Å². The van der Waals surface area contributed by atoms with Gasteiger partial charge in [0.05, 0.1) is 6.33 Å². The van der Waals surface area contributed by atoms with Crippen LogP contribution < -0.4 is 0 Å². The summed E-state index contributed by atoms with van der Waals surface area (Å²) in [5, 5.41) is 1.14. The molecule has 2 aromatic carbocycles. The summed E-state index contributed by atoms with van der Waals surface area (Å²) in [6.45, 7) is 0.883. The highest BCUT2D eigenvalue weighted by Crippen LogP contribution is 2.28. The lowest BCUT2D eigenvalue weighted by atomic mass is 10.1. The molecule has 0 radical (unpaired) electrons. The summed E-state index contributed by atoms with van der Waals surface area (Å²) in [5.41, 5.74) is 1.16. The summed E-state index contributed by atoms with van der Waals surface area (Å²) < 4.78 is 15.1. The van der Waals surface area contributed by atoms with Gasteiger partial charge in [0.25, 0.3) is 0 Å². The Hall–Kier alpha value is -1.78. The van der Waals surface area contributed by atoms with E-state index in [-0.39, 0.29) is 5.82 Å². The van der Waals surface area contributed by atoms with Crippen molar-refractivity contribution >= 4 is 23.4 Å². The zero-order chi connectivity index (χ0) is 16.8. The Balaban J connectivity index is 1.66. The Bertz CT molecular complexity index is 742. The molecular weight excluding hydrogens is 343 g/mol. The van der Waals surface area contributed by atoms with Gasteiger partial charge in [-0.2, -0.15) is 0 Å². The minimum atomic E-state index is -0.191. The molecule has 0 spiro atoms. The largest absolute Gasteiger partial charge is 0.336 e. The van der Waals surface area contributed by atoms with E-state index < -0.39 is 0 Å². The second-order valence-electron chi connectivity index (χ2n) is 5.62. The highest BCUT2D eigenvalue weighted by atomic mass is 35.5. The number of hydrogen-bond acceptors (Lipinski definition) is 2. The van der Waals surface area contributed by atoms with Crippen molar-refractivity contribution in [2.24, 2.45) is 0 Å². The van der Waals surface area contributed by atoms with Crippen LogP contribution in [0.5, 0.6) is 0 Å². The minimum absolute atomic E-state index is 0.191. The van der Waals surface area contributed by atoms with Gasteiger partial charge in [-0.3, -0.25) is 0 Å². The molecule has 1 heterocycles. The fourth-order valence-electron chi connectivity index (χ4n) is 2.50. The first-order valence-corrected chi connectivity index (χ1v) is 9.07. The van der Waals surface area contributed by atoms with E-state index in [1.54, 1.807) is 6.20 Å². The number of halogens is 2. The van der Waals surface area contributed by atoms with E-state index in [0.717, 1.165) is 30.0 Å². The molecule has 24 heavy (non-hydrogen) atoms. The van der Waals surface area contributed by atoms with Gasteiger partial charge in [0.2, 0.25) is 0 Å². The molecule has 1 atom stereocenters. The first-order chi connectivity index (χ1) is 11.7. The van der Waals surface area contributed by atoms with Gasteiger partial charge < -0.3 is 4.57 Å². The van der Waals surface area contributed by atoms with Crippen LogP contribution >= 0.6 is 23.4 Å². The second kappa shape index (κ2) is 8.36. The molecule has 5 heteroatoms. The fourth-order valence-corrected chi connectivity index (χ4v) is 3.79. The molecule has 2 nitrogen and oxygen atoms in total. The summed E-state index contributed by atoms with van der Waals surface area (Å²) in [7, 11) is 0. The molecule has 1 aromatic heterocycles. The smallest absolute Gasteiger partial charge is 0.123 e. The SMILES string of the molecule is Fc1ccc(CCC(Cn2ccnc2)Sc2ccc(Cl)cc2)cc1. The molecular formula is C19H18ClFN2S. The maximum Gasteiger partial charge on any atom is 0.123 e. The molecule has 1 unspecified atom stereocenters. The lowest BCUT2D eigenvalue weighted by Gasteiger charge is -2.17. The van der Waals surface area contributed by atoms with Crippen LogP contribution in [-0.2, 0) is 13.0 Å². The highest BCUT2D eigenvalue weighted by molar-refractivity contribution is 8.00. The fraction of sp³-hybridized carbons (Fsp3) is 0.211. The van der Waals surface area contributed by atoms with Gasteiger partial charge in [0, 0.05) is 34.1 Å².